The average Bonchev–Trinajstić information content (AvgIpc) is 3.94. The standard InChI is InChI=1S/C20H14N2O3S.C13H12INO3S.C9H8BNO2.CH4/c23-20(24)18-12-26-19(22-18)11-25-15-6-4-13(5-7-15)16-3-1-2-14-10-21-9-8-17(14)16;1-2-17-13(16)11-8-19-12(15-11)7-18-10-5-3-9(14)4-6-10;12-10(13)9-3-1-2-7-6-11-5-4-8(7)9;/h1-10,12H,11H2,(H,23,24);3-6,8H,2,7H2,1H3;1-6,12-13H;1H4. The number of nitrogens with zero attached hydrogens (tertiary/aromatic N) is 4. The van der Waals surface area contributed by atoms with E-state index in [9.17, 15) is 9.59 Å². The number of hydrogen-bond acceptors (Lipinski definition) is 13. The zero-order chi connectivity index (χ0) is 40.9. The molecule has 59 heavy (non-hydrogen) atoms. The fraction of sp³-hybridized carbons (Fsp3) is 0.116. The Kier molecular flexibility index (Phi) is 16.4. The van der Waals surface area contributed by atoms with Crippen molar-refractivity contribution in [3.63, 3.8) is 0 Å². The van der Waals surface area contributed by atoms with Crippen LogP contribution in [0.15, 0.2) is 133 Å². The van der Waals surface area contributed by atoms with E-state index in [2.05, 4.69) is 48.6 Å². The van der Waals surface area contributed by atoms with Gasteiger partial charge in [0.15, 0.2) is 11.4 Å². The molecule has 0 atom stereocenters. The van der Waals surface area contributed by atoms with Crippen molar-refractivity contribution >= 4 is 91.3 Å². The van der Waals surface area contributed by atoms with Crippen LogP contribution < -0.4 is 14.9 Å². The number of ether oxygens (including phenoxy) is 3. The number of carboxylic acids is 1. The van der Waals surface area contributed by atoms with Crippen LogP contribution in [-0.2, 0) is 18.0 Å². The topological polar surface area (TPSA) is 174 Å². The van der Waals surface area contributed by atoms with Crippen LogP contribution in [0.25, 0.3) is 32.7 Å². The van der Waals surface area contributed by atoms with Crippen LogP contribution in [0.3, 0.4) is 0 Å². The molecule has 8 rings (SSSR count). The predicted molar refractivity (Wildman–Crippen MR) is 240 cm³/mol. The van der Waals surface area contributed by atoms with Crippen molar-refractivity contribution in [1.82, 2.24) is 19.9 Å². The summed E-state index contributed by atoms with van der Waals surface area (Å²) >= 11 is 4.90. The number of aromatic carboxylic acids is 1. The highest BCUT2D eigenvalue weighted by atomic mass is 127. The second kappa shape index (κ2) is 21.8. The minimum atomic E-state index is -1.42. The van der Waals surface area contributed by atoms with E-state index in [-0.39, 0.29) is 25.7 Å². The van der Waals surface area contributed by atoms with E-state index in [4.69, 9.17) is 29.4 Å². The molecule has 4 aromatic heterocycles. The van der Waals surface area contributed by atoms with Crippen LogP contribution in [0, 0.1) is 3.57 Å². The molecule has 3 N–H and O–H groups in total. The number of carboxylic acid groups (broad SMARTS) is 1. The highest BCUT2D eigenvalue weighted by Crippen LogP contribution is 2.29. The molecule has 0 radical (unpaired) electrons. The van der Waals surface area contributed by atoms with Gasteiger partial charge in [-0.3, -0.25) is 9.97 Å². The molecule has 0 saturated carbocycles. The van der Waals surface area contributed by atoms with E-state index >= 15 is 0 Å². The van der Waals surface area contributed by atoms with E-state index < -0.39 is 13.1 Å². The van der Waals surface area contributed by atoms with Gasteiger partial charge in [-0.05, 0) is 111 Å². The lowest BCUT2D eigenvalue weighted by atomic mass is 9.77. The van der Waals surface area contributed by atoms with E-state index in [0.717, 1.165) is 47.0 Å². The van der Waals surface area contributed by atoms with E-state index in [1.54, 1.807) is 49.1 Å². The molecule has 0 aliphatic carbocycles. The quantitative estimate of drug-likeness (QED) is 0.0641. The van der Waals surface area contributed by atoms with Gasteiger partial charge >= 0.3 is 19.1 Å². The maximum Gasteiger partial charge on any atom is 0.489 e. The van der Waals surface area contributed by atoms with Crippen LogP contribution in [-0.4, -0.2) is 60.8 Å². The molecule has 4 heterocycles. The Bertz CT molecular complexity index is 2600. The Morgan fingerprint density at radius 3 is 1.83 bits per heavy atom. The first-order valence-electron chi connectivity index (χ1n) is 17.6. The van der Waals surface area contributed by atoms with Gasteiger partial charge in [0.25, 0.3) is 0 Å². The molecule has 0 fully saturated rings. The van der Waals surface area contributed by atoms with Gasteiger partial charge in [-0.1, -0.05) is 56.0 Å². The minimum Gasteiger partial charge on any atom is -0.486 e. The summed E-state index contributed by atoms with van der Waals surface area (Å²) in [5.74, 6) is 0.0810. The van der Waals surface area contributed by atoms with Gasteiger partial charge < -0.3 is 29.4 Å². The van der Waals surface area contributed by atoms with Crippen molar-refractivity contribution in [3.8, 4) is 22.6 Å². The molecule has 0 unspecified atom stereocenters. The highest BCUT2D eigenvalue weighted by Gasteiger charge is 2.14. The number of pyridine rings is 2. The molecule has 0 spiro atoms. The van der Waals surface area contributed by atoms with E-state index in [1.165, 1.54) is 28.1 Å². The lowest BCUT2D eigenvalue weighted by Crippen LogP contribution is -2.30. The summed E-state index contributed by atoms with van der Waals surface area (Å²) in [6.45, 7) is 2.72. The minimum absolute atomic E-state index is 0. The van der Waals surface area contributed by atoms with Crippen molar-refractivity contribution in [3.05, 3.63) is 158 Å². The van der Waals surface area contributed by atoms with Crippen LogP contribution >= 0.6 is 45.3 Å². The van der Waals surface area contributed by atoms with Crippen LogP contribution in [0.1, 0.15) is 45.3 Å². The van der Waals surface area contributed by atoms with Crippen molar-refractivity contribution < 1.29 is 39.0 Å². The first kappa shape index (κ1) is 44.3. The number of benzene rings is 4. The third-order valence-electron chi connectivity index (χ3n) is 8.18. The Hall–Kier alpha value is -5.79. The first-order valence-corrected chi connectivity index (χ1v) is 20.4. The number of hydrogen-bond donors (Lipinski definition) is 3. The average molecular weight is 941 g/mol. The summed E-state index contributed by atoms with van der Waals surface area (Å²) in [6.07, 6.45) is 6.98. The molecule has 300 valence electrons. The summed E-state index contributed by atoms with van der Waals surface area (Å²) in [6, 6.07) is 30.9. The molecule has 0 amide bonds. The van der Waals surface area contributed by atoms with Gasteiger partial charge in [-0.2, -0.15) is 0 Å². The fourth-order valence-corrected chi connectivity index (χ4v) is 7.16. The molecule has 0 aliphatic rings. The predicted octanol–water partition coefficient (Wildman–Crippen LogP) is 8.69. The molecule has 0 aliphatic heterocycles. The van der Waals surface area contributed by atoms with Gasteiger partial charge in [0, 0.05) is 44.5 Å². The van der Waals surface area contributed by atoms with Gasteiger partial charge in [-0.15, -0.1) is 22.7 Å². The third-order valence-corrected chi connectivity index (χ3v) is 10.5. The largest absolute Gasteiger partial charge is 0.489 e. The lowest BCUT2D eigenvalue weighted by Gasteiger charge is -2.08. The Morgan fingerprint density at radius 1 is 0.712 bits per heavy atom. The Labute approximate surface area is 362 Å². The first-order chi connectivity index (χ1) is 28.2. The second-order valence-corrected chi connectivity index (χ2v) is 15.2. The zero-order valence-electron chi connectivity index (χ0n) is 30.8. The summed E-state index contributed by atoms with van der Waals surface area (Å²) in [4.78, 5) is 38.6. The van der Waals surface area contributed by atoms with Crippen molar-refractivity contribution in [2.45, 2.75) is 27.6 Å². The molecule has 0 bridgehead atoms. The van der Waals surface area contributed by atoms with Crippen molar-refractivity contribution in [2.75, 3.05) is 6.61 Å². The summed E-state index contributed by atoms with van der Waals surface area (Å²) in [5.41, 5.74) is 3.14. The number of thiazole rings is 2. The summed E-state index contributed by atoms with van der Waals surface area (Å²) < 4.78 is 17.3. The van der Waals surface area contributed by atoms with Gasteiger partial charge in [0.05, 0.1) is 6.61 Å². The molecular weight excluding hydrogens is 902 g/mol. The van der Waals surface area contributed by atoms with Crippen LogP contribution in [0.5, 0.6) is 11.5 Å². The number of fused-ring (bicyclic) bond motifs is 2. The summed E-state index contributed by atoms with van der Waals surface area (Å²) in [5, 5.41) is 35.6. The van der Waals surface area contributed by atoms with Gasteiger partial charge in [0.2, 0.25) is 0 Å². The Balaban J connectivity index is 0.000000177. The van der Waals surface area contributed by atoms with E-state index in [0.29, 0.717) is 35.1 Å². The highest BCUT2D eigenvalue weighted by molar-refractivity contribution is 14.1. The number of halogens is 1. The number of rotatable bonds is 11. The monoisotopic (exact) mass is 940 g/mol. The molecule has 8 aromatic rings. The van der Waals surface area contributed by atoms with Crippen LogP contribution in [0.4, 0.5) is 0 Å². The maximum absolute atomic E-state index is 11.5. The molecule has 4 aromatic carbocycles. The second-order valence-electron chi connectivity index (χ2n) is 12.1. The SMILES string of the molecule is C.CCOC(=O)c1csc(COc2ccc(I)cc2)n1.O=C(O)c1csc(COc2ccc(-c3cccc4cnccc34)cc2)n1.OB(O)c1cccc2cnccc12. The van der Waals surface area contributed by atoms with Crippen LogP contribution in [0.2, 0.25) is 0 Å². The van der Waals surface area contributed by atoms with Crippen molar-refractivity contribution in [1.29, 1.82) is 0 Å². The molecule has 16 heteroatoms. The normalized spacial score (nSPS) is 10.3. The zero-order valence-corrected chi connectivity index (χ0v) is 34.6. The molecule has 0 saturated heterocycles. The number of aromatic nitrogens is 4. The molecule has 12 nitrogen and oxygen atoms in total. The smallest absolute Gasteiger partial charge is 0.486 e. The Morgan fingerprint density at radius 2 is 1.25 bits per heavy atom. The number of esters is 1. The lowest BCUT2D eigenvalue weighted by molar-refractivity contribution is 0.0519. The van der Waals surface area contributed by atoms with Gasteiger partial charge in [0.1, 0.15) is 34.7 Å². The third kappa shape index (κ3) is 12.4. The van der Waals surface area contributed by atoms with Crippen molar-refractivity contribution in [2.24, 2.45) is 0 Å². The number of carbonyl (C=O) groups is 2. The molecular formula is C43H38BIN4O8S2. The maximum atomic E-state index is 11.5. The fourth-order valence-electron chi connectivity index (χ4n) is 5.45. The summed E-state index contributed by atoms with van der Waals surface area (Å²) in [7, 11) is -1.42. The van der Waals surface area contributed by atoms with E-state index in [1.807, 2.05) is 79.0 Å². The van der Waals surface area contributed by atoms with Gasteiger partial charge in [-0.25, -0.2) is 19.6 Å². The number of carbonyl (C=O) groups excluding carboxylic acids is 1.